The van der Waals surface area contributed by atoms with E-state index in [0.717, 1.165) is 103 Å². The molecule has 1 aliphatic carbocycles. The Hall–Kier alpha value is -4.42. The molecule has 1 saturated heterocycles. The summed E-state index contributed by atoms with van der Waals surface area (Å²) in [5.41, 5.74) is 14.1. The molecule has 0 unspecified atom stereocenters. The van der Waals surface area contributed by atoms with E-state index in [-0.39, 0.29) is 0 Å². The summed E-state index contributed by atoms with van der Waals surface area (Å²) in [7, 11) is 3.67. The molecule has 1 aliphatic heterocycles. The summed E-state index contributed by atoms with van der Waals surface area (Å²) in [6.45, 7) is 5.28. The molecule has 4 aromatic rings. The van der Waals surface area contributed by atoms with Crippen molar-refractivity contribution in [3.05, 3.63) is 60.1 Å². The average Bonchev–Trinajstić information content (AvgIpc) is 3.58. The predicted octanol–water partition coefficient (Wildman–Crippen LogP) is 2.31. The zero-order valence-corrected chi connectivity index (χ0v) is 22.8. The molecule has 0 bridgehead atoms. The van der Waals surface area contributed by atoms with E-state index in [1.807, 2.05) is 53.3 Å². The first-order chi connectivity index (χ1) is 19.6. The Labute approximate surface area is 232 Å². The van der Waals surface area contributed by atoms with Crippen molar-refractivity contribution >= 4 is 23.4 Å². The monoisotopic (exact) mass is 539 g/mol. The fourth-order valence-electron chi connectivity index (χ4n) is 5.24. The number of ether oxygens (including phenoxy) is 1. The molecule has 0 spiro atoms. The third kappa shape index (κ3) is 5.23. The van der Waals surface area contributed by atoms with E-state index in [2.05, 4.69) is 30.3 Å². The minimum Gasteiger partial charge on any atom is -0.404 e. The Morgan fingerprint density at radius 2 is 2.00 bits per heavy atom. The third-order valence-electron chi connectivity index (χ3n) is 7.27. The van der Waals surface area contributed by atoms with Gasteiger partial charge in [0.1, 0.15) is 0 Å². The van der Waals surface area contributed by atoms with Gasteiger partial charge in [0.25, 0.3) is 0 Å². The van der Waals surface area contributed by atoms with Crippen LogP contribution in [0.1, 0.15) is 17.0 Å². The first-order valence-corrected chi connectivity index (χ1v) is 13.5. The Balaban J connectivity index is 1.25. The van der Waals surface area contributed by atoms with Crippen molar-refractivity contribution < 1.29 is 4.74 Å². The summed E-state index contributed by atoms with van der Waals surface area (Å²) in [5.74, 6) is 0.527. The number of morpholine rings is 1. The molecule has 5 heterocycles. The van der Waals surface area contributed by atoms with E-state index in [1.54, 1.807) is 13.3 Å². The normalized spacial score (nSPS) is 15.8. The number of hydrogen-bond acceptors (Lipinski definition) is 10. The molecule has 206 valence electrons. The topological polar surface area (TPSA) is 137 Å². The van der Waals surface area contributed by atoms with Crippen LogP contribution >= 0.6 is 0 Å². The van der Waals surface area contributed by atoms with Crippen molar-refractivity contribution in [1.29, 1.82) is 0 Å². The Morgan fingerprint density at radius 3 is 2.77 bits per heavy atom. The van der Waals surface area contributed by atoms with Gasteiger partial charge in [-0.15, -0.1) is 0 Å². The molecule has 1 fully saturated rings. The number of hydrogen-bond donors (Lipinski definition) is 2. The molecule has 12 nitrogen and oxygen atoms in total. The van der Waals surface area contributed by atoms with Gasteiger partial charge in [-0.3, -0.25) is 24.2 Å². The number of nitrogens with two attached hydrogens (primary N) is 1. The fourth-order valence-corrected chi connectivity index (χ4v) is 5.24. The summed E-state index contributed by atoms with van der Waals surface area (Å²) < 4.78 is 9.30. The summed E-state index contributed by atoms with van der Waals surface area (Å²) in [6, 6.07) is 3.98. The number of aliphatic imine (C=N–C) groups is 1. The number of pyridine rings is 1. The van der Waals surface area contributed by atoms with Crippen LogP contribution in [0.5, 0.6) is 0 Å². The molecule has 0 amide bonds. The maximum atomic E-state index is 5.77. The fraction of sp³-hybridized carbons (Fsp3) is 0.357. The second-order valence-corrected chi connectivity index (χ2v) is 9.87. The predicted molar refractivity (Wildman–Crippen MR) is 154 cm³/mol. The number of aromatic nitrogens is 7. The van der Waals surface area contributed by atoms with E-state index >= 15 is 0 Å². The SMILES string of the molecule is CN=C/C(=C\N)c1ccc(-c2c3c(nn2C)CCc2cnc(Nc4cnn(CCN5CCOCC5)c4)nc2-3)cn1. The van der Waals surface area contributed by atoms with Crippen LogP contribution in [-0.4, -0.2) is 85.5 Å². The summed E-state index contributed by atoms with van der Waals surface area (Å²) >= 11 is 0. The van der Waals surface area contributed by atoms with Crippen LogP contribution in [0, 0.1) is 0 Å². The van der Waals surface area contributed by atoms with Crippen LogP contribution < -0.4 is 11.1 Å². The van der Waals surface area contributed by atoms with Gasteiger partial charge in [0, 0.05) is 81.4 Å². The van der Waals surface area contributed by atoms with Gasteiger partial charge in [-0.1, -0.05) is 0 Å². The van der Waals surface area contributed by atoms with Gasteiger partial charge in [0.05, 0.1) is 54.4 Å². The number of aryl methyl sites for hydroxylation is 3. The standard InChI is InChI=1S/C28H33N11O/c1-30-14-21(13-29)23-5-4-20(16-31-23)27-25-24(36-37(27)2)6-3-19-15-32-28(35-26(19)25)34-22-17-33-39(18-22)8-7-38-9-11-40-12-10-38/h4-5,13-18H,3,6-12,29H2,1-2H3,(H,32,34,35)/b21-13+,30-14?. The minimum absolute atomic E-state index is 0.527. The number of fused-ring (bicyclic) bond motifs is 3. The number of nitrogens with zero attached hydrogens (tertiary/aromatic N) is 9. The lowest BCUT2D eigenvalue weighted by Gasteiger charge is -2.26. The van der Waals surface area contributed by atoms with Gasteiger partial charge < -0.3 is 15.8 Å². The van der Waals surface area contributed by atoms with Gasteiger partial charge in [-0.25, -0.2) is 9.97 Å². The van der Waals surface area contributed by atoms with Crippen molar-refractivity contribution in [1.82, 2.24) is 39.4 Å². The quantitative estimate of drug-likeness (QED) is 0.323. The molecule has 0 atom stereocenters. The number of rotatable bonds is 8. The number of nitrogens with one attached hydrogen (secondary N) is 1. The van der Waals surface area contributed by atoms with E-state index < -0.39 is 0 Å². The molecule has 12 heteroatoms. The summed E-state index contributed by atoms with van der Waals surface area (Å²) in [6.07, 6.45) is 12.4. The van der Waals surface area contributed by atoms with Crippen LogP contribution in [0.2, 0.25) is 0 Å². The second kappa shape index (κ2) is 11.4. The van der Waals surface area contributed by atoms with E-state index in [0.29, 0.717) is 5.95 Å². The maximum Gasteiger partial charge on any atom is 0.227 e. The van der Waals surface area contributed by atoms with E-state index in [1.165, 1.54) is 6.20 Å². The van der Waals surface area contributed by atoms with Crippen molar-refractivity contribution in [3.8, 4) is 22.5 Å². The molecule has 2 aliphatic rings. The van der Waals surface area contributed by atoms with Gasteiger partial charge in [0.2, 0.25) is 5.95 Å². The molecule has 6 rings (SSSR count). The lowest BCUT2D eigenvalue weighted by Crippen LogP contribution is -2.38. The Kier molecular flexibility index (Phi) is 7.34. The Morgan fingerprint density at radius 1 is 1.12 bits per heavy atom. The Bertz CT molecular complexity index is 1540. The summed E-state index contributed by atoms with van der Waals surface area (Å²) in [5, 5.41) is 12.7. The van der Waals surface area contributed by atoms with Crippen LogP contribution in [0.3, 0.4) is 0 Å². The second-order valence-electron chi connectivity index (χ2n) is 9.87. The van der Waals surface area contributed by atoms with Crippen molar-refractivity contribution in [2.45, 2.75) is 19.4 Å². The van der Waals surface area contributed by atoms with Crippen molar-refractivity contribution in [2.75, 3.05) is 45.2 Å². The molecule has 3 N–H and O–H groups in total. The van der Waals surface area contributed by atoms with Crippen LogP contribution in [-0.2, 0) is 31.2 Å². The highest BCUT2D eigenvalue weighted by molar-refractivity contribution is 6.08. The van der Waals surface area contributed by atoms with Gasteiger partial charge in [0.15, 0.2) is 0 Å². The molecular weight excluding hydrogens is 506 g/mol. The zero-order valence-electron chi connectivity index (χ0n) is 22.8. The first kappa shape index (κ1) is 25.8. The van der Waals surface area contributed by atoms with Crippen LogP contribution in [0.25, 0.3) is 28.1 Å². The van der Waals surface area contributed by atoms with Crippen LogP contribution in [0.4, 0.5) is 11.6 Å². The highest BCUT2D eigenvalue weighted by Crippen LogP contribution is 2.39. The first-order valence-electron chi connectivity index (χ1n) is 13.5. The highest BCUT2D eigenvalue weighted by Gasteiger charge is 2.27. The molecule has 0 saturated carbocycles. The molecule has 0 radical (unpaired) electrons. The molecule has 4 aromatic heterocycles. The van der Waals surface area contributed by atoms with E-state index in [4.69, 9.17) is 20.6 Å². The zero-order chi connectivity index (χ0) is 27.5. The van der Waals surface area contributed by atoms with Gasteiger partial charge >= 0.3 is 0 Å². The van der Waals surface area contributed by atoms with E-state index in [9.17, 15) is 0 Å². The largest absolute Gasteiger partial charge is 0.404 e. The highest BCUT2D eigenvalue weighted by atomic mass is 16.5. The smallest absolute Gasteiger partial charge is 0.227 e. The van der Waals surface area contributed by atoms with Crippen molar-refractivity contribution in [2.24, 2.45) is 17.8 Å². The maximum absolute atomic E-state index is 5.77. The molecular formula is C28H33N11O. The molecule has 40 heavy (non-hydrogen) atoms. The van der Waals surface area contributed by atoms with Gasteiger partial charge in [-0.2, -0.15) is 10.2 Å². The summed E-state index contributed by atoms with van der Waals surface area (Å²) in [4.78, 5) is 20.7. The number of allylic oxidation sites excluding steroid dienone is 1. The lowest BCUT2D eigenvalue weighted by molar-refractivity contribution is 0.0360. The lowest BCUT2D eigenvalue weighted by atomic mass is 9.91. The van der Waals surface area contributed by atoms with Gasteiger partial charge in [-0.05, 0) is 30.5 Å². The van der Waals surface area contributed by atoms with Crippen LogP contribution in [0.15, 0.2) is 48.1 Å². The minimum atomic E-state index is 0.527. The van der Waals surface area contributed by atoms with Crippen molar-refractivity contribution in [3.63, 3.8) is 0 Å². The molecule has 0 aromatic carbocycles. The average molecular weight is 540 g/mol. The number of anilines is 2. The third-order valence-corrected chi connectivity index (χ3v) is 7.27.